The van der Waals surface area contributed by atoms with Gasteiger partial charge >= 0.3 is 0 Å². The van der Waals surface area contributed by atoms with E-state index in [0.29, 0.717) is 0 Å². The van der Waals surface area contributed by atoms with Crippen LogP contribution in [0.5, 0.6) is 0 Å². The summed E-state index contributed by atoms with van der Waals surface area (Å²) in [6.07, 6.45) is 4.75. The van der Waals surface area contributed by atoms with Gasteiger partial charge in [-0.3, -0.25) is 0 Å². The summed E-state index contributed by atoms with van der Waals surface area (Å²) < 4.78 is 3.33. The van der Waals surface area contributed by atoms with Crippen LogP contribution in [0.3, 0.4) is 0 Å². The summed E-state index contributed by atoms with van der Waals surface area (Å²) in [4.78, 5) is 0. The first kappa shape index (κ1) is 12.0. The molecule has 1 atom stereocenters. The molecule has 1 aliphatic rings. The molecule has 0 aliphatic heterocycles. The van der Waals surface area contributed by atoms with E-state index in [1.807, 2.05) is 6.07 Å². The number of aromatic nitrogens is 1. The third kappa shape index (κ3) is 1.82. The van der Waals surface area contributed by atoms with Gasteiger partial charge in [-0.15, -0.1) is 0 Å². The minimum atomic E-state index is -0.293. The second-order valence-electron chi connectivity index (χ2n) is 4.90. The molecule has 1 unspecified atom stereocenters. The van der Waals surface area contributed by atoms with Gasteiger partial charge in [-0.2, -0.15) is 0 Å². The number of halogens is 1. The van der Waals surface area contributed by atoms with E-state index >= 15 is 0 Å². The molecule has 1 aromatic carbocycles. The Hall–Kier alpha value is -1.06. The molecule has 0 fully saturated rings. The maximum atomic E-state index is 10.0. The molecule has 0 saturated heterocycles. The molecule has 0 bridgehead atoms. The maximum absolute atomic E-state index is 10.0. The number of nitrogens with zero attached hydrogens (tertiary/aromatic N) is 1. The Bertz CT molecular complexity index is 588. The van der Waals surface area contributed by atoms with Crippen molar-refractivity contribution < 1.29 is 5.11 Å². The molecule has 94 valence electrons. The Labute approximate surface area is 115 Å². The number of hydrogen-bond acceptors (Lipinski definition) is 1. The molecule has 1 aromatic heterocycles. The van der Waals surface area contributed by atoms with Gasteiger partial charge in [0.1, 0.15) is 0 Å². The van der Waals surface area contributed by atoms with Crippen molar-refractivity contribution in [3.05, 3.63) is 51.8 Å². The lowest BCUT2D eigenvalue weighted by molar-refractivity contribution is 0.156. The summed E-state index contributed by atoms with van der Waals surface area (Å²) in [7, 11) is 0. The van der Waals surface area contributed by atoms with E-state index in [0.717, 1.165) is 35.0 Å². The number of benzene rings is 1. The summed E-state index contributed by atoms with van der Waals surface area (Å²) in [6.45, 7) is 2.10. The quantitative estimate of drug-likeness (QED) is 0.849. The van der Waals surface area contributed by atoms with Gasteiger partial charge in [0.2, 0.25) is 0 Å². The van der Waals surface area contributed by atoms with Gasteiger partial charge in [-0.1, -0.05) is 12.1 Å². The number of rotatable bonds is 1. The van der Waals surface area contributed by atoms with E-state index in [2.05, 4.69) is 51.8 Å². The molecule has 0 saturated carbocycles. The zero-order chi connectivity index (χ0) is 12.7. The summed E-state index contributed by atoms with van der Waals surface area (Å²) in [5, 5.41) is 10.0. The van der Waals surface area contributed by atoms with E-state index in [9.17, 15) is 5.11 Å². The molecule has 3 rings (SSSR count). The van der Waals surface area contributed by atoms with E-state index < -0.39 is 0 Å². The topological polar surface area (TPSA) is 25.2 Å². The third-order valence-electron chi connectivity index (χ3n) is 3.71. The van der Waals surface area contributed by atoms with Crippen LogP contribution in [-0.4, -0.2) is 9.67 Å². The van der Waals surface area contributed by atoms with Crippen molar-refractivity contribution >= 4 is 15.9 Å². The van der Waals surface area contributed by atoms with Crippen molar-refractivity contribution in [2.75, 3.05) is 0 Å². The molecule has 1 N–H and O–H groups in total. The Kier molecular flexibility index (Phi) is 3.04. The number of aliphatic hydroxyl groups is 1. The van der Waals surface area contributed by atoms with Crippen molar-refractivity contribution in [1.29, 1.82) is 0 Å². The van der Waals surface area contributed by atoms with E-state index in [-0.39, 0.29) is 6.10 Å². The number of fused-ring (bicyclic) bond motifs is 1. The summed E-state index contributed by atoms with van der Waals surface area (Å²) in [5.74, 6) is 0. The Morgan fingerprint density at radius 2 is 2.17 bits per heavy atom. The zero-order valence-electron chi connectivity index (χ0n) is 10.4. The van der Waals surface area contributed by atoms with Crippen LogP contribution in [0, 0.1) is 6.92 Å². The fraction of sp³-hybridized carbons (Fsp3) is 0.333. The second-order valence-corrected chi connectivity index (χ2v) is 5.70. The fourth-order valence-electron chi connectivity index (χ4n) is 2.71. The molecule has 0 amide bonds. The van der Waals surface area contributed by atoms with Crippen LogP contribution in [0.1, 0.15) is 35.8 Å². The van der Waals surface area contributed by atoms with Gasteiger partial charge < -0.3 is 9.67 Å². The zero-order valence-corrected chi connectivity index (χ0v) is 11.9. The first-order valence-corrected chi connectivity index (χ1v) is 7.11. The predicted octanol–water partition coefficient (Wildman–Crippen LogP) is 3.92. The summed E-state index contributed by atoms with van der Waals surface area (Å²) in [6, 6.07) is 8.33. The van der Waals surface area contributed by atoms with Gasteiger partial charge in [-0.05, 0) is 59.8 Å². The Morgan fingerprint density at radius 1 is 1.33 bits per heavy atom. The highest BCUT2D eigenvalue weighted by Crippen LogP contribution is 2.34. The Morgan fingerprint density at radius 3 is 3.00 bits per heavy atom. The molecule has 2 nitrogen and oxygen atoms in total. The summed E-state index contributed by atoms with van der Waals surface area (Å²) >= 11 is 3.66. The fourth-order valence-corrected chi connectivity index (χ4v) is 3.17. The molecule has 0 radical (unpaired) electrons. The Balaban J connectivity index is 2.16. The minimum Gasteiger partial charge on any atom is -0.388 e. The first-order chi connectivity index (χ1) is 8.68. The number of aliphatic hydroxyl groups excluding tert-OH is 1. The molecule has 3 heteroatoms. The normalized spacial score (nSPS) is 18.7. The predicted molar refractivity (Wildman–Crippen MR) is 76.1 cm³/mol. The monoisotopic (exact) mass is 305 g/mol. The standard InChI is InChI=1S/C15H16BrNO/c1-10-4-2-6-13(15(10)16)17-9-8-11-12(17)5-3-7-14(11)18/h2,4,6,8-9,14,18H,3,5,7H2,1H3. The highest BCUT2D eigenvalue weighted by Gasteiger charge is 2.22. The lowest BCUT2D eigenvalue weighted by atomic mass is 9.95. The van der Waals surface area contributed by atoms with E-state index in [4.69, 9.17) is 0 Å². The molecule has 0 spiro atoms. The van der Waals surface area contributed by atoms with Gasteiger partial charge in [-0.25, -0.2) is 0 Å². The largest absolute Gasteiger partial charge is 0.388 e. The molecule has 1 aliphatic carbocycles. The molecular formula is C15H16BrNO. The van der Waals surface area contributed by atoms with Crippen molar-refractivity contribution in [3.8, 4) is 5.69 Å². The highest BCUT2D eigenvalue weighted by atomic mass is 79.9. The first-order valence-electron chi connectivity index (χ1n) is 6.32. The molecule has 2 aromatic rings. The van der Waals surface area contributed by atoms with Crippen molar-refractivity contribution in [3.63, 3.8) is 0 Å². The van der Waals surface area contributed by atoms with E-state index in [1.165, 1.54) is 11.3 Å². The number of hydrogen-bond donors (Lipinski definition) is 1. The minimum absolute atomic E-state index is 0.293. The lowest BCUT2D eigenvalue weighted by Crippen LogP contribution is -2.11. The smallest absolute Gasteiger partial charge is 0.0807 e. The van der Waals surface area contributed by atoms with Gasteiger partial charge in [0.05, 0.1) is 11.8 Å². The SMILES string of the molecule is Cc1cccc(-n2ccc3c2CCCC3O)c1Br. The van der Waals surface area contributed by atoms with Crippen LogP contribution in [0.2, 0.25) is 0 Å². The molecular weight excluding hydrogens is 290 g/mol. The van der Waals surface area contributed by atoms with Crippen LogP contribution in [0.25, 0.3) is 5.69 Å². The second kappa shape index (κ2) is 4.56. The van der Waals surface area contributed by atoms with Crippen LogP contribution < -0.4 is 0 Å². The maximum Gasteiger partial charge on any atom is 0.0807 e. The molecule has 18 heavy (non-hydrogen) atoms. The van der Waals surface area contributed by atoms with Gasteiger partial charge in [0, 0.05) is 21.9 Å². The highest BCUT2D eigenvalue weighted by molar-refractivity contribution is 9.10. The van der Waals surface area contributed by atoms with E-state index in [1.54, 1.807) is 0 Å². The van der Waals surface area contributed by atoms with Gasteiger partial charge in [0.15, 0.2) is 0 Å². The average Bonchev–Trinajstić information content (AvgIpc) is 2.78. The number of aryl methyl sites for hydroxylation is 1. The third-order valence-corrected chi connectivity index (χ3v) is 4.74. The van der Waals surface area contributed by atoms with Crippen LogP contribution >= 0.6 is 15.9 Å². The average molecular weight is 306 g/mol. The van der Waals surface area contributed by atoms with Crippen LogP contribution in [0.4, 0.5) is 0 Å². The molecule has 1 heterocycles. The van der Waals surface area contributed by atoms with Gasteiger partial charge in [0.25, 0.3) is 0 Å². The van der Waals surface area contributed by atoms with Crippen molar-refractivity contribution in [2.24, 2.45) is 0 Å². The lowest BCUT2D eigenvalue weighted by Gasteiger charge is -2.21. The van der Waals surface area contributed by atoms with Crippen molar-refractivity contribution in [2.45, 2.75) is 32.3 Å². The summed E-state index contributed by atoms with van der Waals surface area (Å²) in [5.41, 5.74) is 4.73. The van der Waals surface area contributed by atoms with Crippen LogP contribution in [-0.2, 0) is 6.42 Å². The van der Waals surface area contributed by atoms with Crippen molar-refractivity contribution in [1.82, 2.24) is 4.57 Å². The van der Waals surface area contributed by atoms with Crippen LogP contribution in [0.15, 0.2) is 34.9 Å².